The quantitative estimate of drug-likeness (QED) is 0.513. The van der Waals surface area contributed by atoms with Gasteiger partial charge in [0.15, 0.2) is 0 Å². The molecule has 1 heterocycles. The Kier molecular flexibility index (Phi) is 1.83. The molecule has 0 aromatic carbocycles. The first-order chi connectivity index (χ1) is 8.25. The second kappa shape index (κ2) is 3.07. The Bertz CT molecular complexity index is 370. The van der Waals surface area contributed by atoms with Crippen molar-refractivity contribution in [1.29, 1.82) is 0 Å². The Balaban J connectivity index is 1.56. The summed E-state index contributed by atoms with van der Waals surface area (Å²) in [6.45, 7) is 2.32. The van der Waals surface area contributed by atoms with Gasteiger partial charge in [-0.25, -0.2) is 0 Å². The average Bonchev–Trinajstić information content (AvgIpc) is 2.99. The van der Waals surface area contributed by atoms with Crippen molar-refractivity contribution < 1.29 is 4.74 Å². The summed E-state index contributed by atoms with van der Waals surface area (Å²) in [6.07, 6.45) is 6.98. The maximum absolute atomic E-state index is 6.18. The number of rotatable bonds is 0. The van der Waals surface area contributed by atoms with Crippen LogP contribution in [0.25, 0.3) is 0 Å². The molecule has 5 rings (SSSR count). The van der Waals surface area contributed by atoms with E-state index in [9.17, 15) is 0 Å². The minimum Gasteiger partial charge on any atom is -0.375 e. The molecule has 1 nitrogen and oxygen atoms in total. The second-order valence-electron chi connectivity index (χ2n) is 7.38. The second-order valence-corrected chi connectivity index (χ2v) is 8.05. The van der Waals surface area contributed by atoms with Gasteiger partial charge in [0.25, 0.3) is 0 Å². The van der Waals surface area contributed by atoms with Gasteiger partial charge >= 0.3 is 0 Å². The minimum atomic E-state index is 0.554. The Hall–Kier alpha value is 0.310. The number of hydrogen-bond acceptors (Lipinski definition) is 2. The molecule has 0 aromatic rings. The molecule has 4 saturated carbocycles. The van der Waals surface area contributed by atoms with Crippen LogP contribution in [0.4, 0.5) is 0 Å². The van der Waals surface area contributed by atoms with Crippen molar-refractivity contribution in [2.75, 3.05) is 0 Å². The number of thiol groups is 1. The fraction of sp³-hybridized carbons (Fsp3) is 1.00. The van der Waals surface area contributed by atoms with Gasteiger partial charge in [-0.2, -0.15) is 12.6 Å². The summed E-state index contributed by atoms with van der Waals surface area (Å²) >= 11 is 4.89. The van der Waals surface area contributed by atoms with E-state index in [1.165, 1.54) is 25.7 Å². The summed E-state index contributed by atoms with van der Waals surface area (Å²) in [4.78, 5) is 0. The highest BCUT2D eigenvalue weighted by molar-refractivity contribution is 7.81. The SMILES string of the molecule is CC1OC2CC1C1C3CC(C4CCC(S)C43)C21. The maximum atomic E-state index is 6.18. The normalized spacial score (nSPS) is 70.9. The number of ether oxygens (including phenoxy) is 1. The van der Waals surface area contributed by atoms with Gasteiger partial charge in [-0.15, -0.1) is 0 Å². The highest BCUT2D eigenvalue weighted by atomic mass is 32.1. The predicted molar refractivity (Wildman–Crippen MR) is 70.0 cm³/mol. The van der Waals surface area contributed by atoms with E-state index in [1.54, 1.807) is 0 Å². The maximum Gasteiger partial charge on any atom is 0.0616 e. The van der Waals surface area contributed by atoms with Crippen molar-refractivity contribution in [2.45, 2.75) is 50.1 Å². The van der Waals surface area contributed by atoms with Crippen LogP contribution in [-0.2, 0) is 4.74 Å². The molecule has 10 unspecified atom stereocenters. The Labute approximate surface area is 109 Å². The van der Waals surface area contributed by atoms with Gasteiger partial charge in [0.05, 0.1) is 12.2 Å². The molecule has 2 heteroatoms. The van der Waals surface area contributed by atoms with Crippen molar-refractivity contribution >= 4 is 12.6 Å². The Morgan fingerprint density at radius 1 is 0.882 bits per heavy atom. The molecule has 0 N–H and O–H groups in total. The van der Waals surface area contributed by atoms with E-state index in [1.807, 2.05) is 0 Å². The van der Waals surface area contributed by atoms with Crippen LogP contribution in [0.3, 0.4) is 0 Å². The third-order valence-corrected chi connectivity index (χ3v) is 7.78. The zero-order valence-corrected chi connectivity index (χ0v) is 11.4. The molecule has 1 aliphatic heterocycles. The highest BCUT2D eigenvalue weighted by Crippen LogP contribution is 2.71. The molecular formula is C15H22OS. The zero-order chi connectivity index (χ0) is 11.3. The molecule has 0 radical (unpaired) electrons. The molecule has 4 aliphatic carbocycles. The van der Waals surface area contributed by atoms with Crippen molar-refractivity contribution in [3.63, 3.8) is 0 Å². The monoisotopic (exact) mass is 250 g/mol. The standard InChI is InChI=1S/C15H22OS/c1-6-8-5-11(16-6)15-9-4-10(14(8)15)13-7(9)2-3-12(13)17/h6-15,17H,2-5H2,1H3. The van der Waals surface area contributed by atoms with Crippen LogP contribution in [-0.4, -0.2) is 17.5 Å². The predicted octanol–water partition coefficient (Wildman–Crippen LogP) is 3.00. The summed E-state index contributed by atoms with van der Waals surface area (Å²) in [6, 6.07) is 0. The van der Waals surface area contributed by atoms with Crippen LogP contribution < -0.4 is 0 Å². The van der Waals surface area contributed by atoms with E-state index in [2.05, 4.69) is 6.92 Å². The van der Waals surface area contributed by atoms with Crippen molar-refractivity contribution in [3.05, 3.63) is 0 Å². The first-order valence-electron chi connectivity index (χ1n) is 7.59. The first kappa shape index (κ1) is 10.1. The van der Waals surface area contributed by atoms with Gasteiger partial charge in [-0.1, -0.05) is 0 Å². The molecule has 4 bridgehead atoms. The summed E-state index contributed by atoms with van der Waals surface area (Å²) in [5.74, 6) is 6.96. The molecule has 94 valence electrons. The summed E-state index contributed by atoms with van der Waals surface area (Å²) in [5.41, 5.74) is 0. The van der Waals surface area contributed by atoms with Crippen LogP contribution >= 0.6 is 12.6 Å². The van der Waals surface area contributed by atoms with Crippen molar-refractivity contribution in [2.24, 2.45) is 41.4 Å². The lowest BCUT2D eigenvalue weighted by Gasteiger charge is -2.43. The van der Waals surface area contributed by atoms with Crippen LogP contribution in [0, 0.1) is 41.4 Å². The Morgan fingerprint density at radius 3 is 2.65 bits per heavy atom. The molecule has 1 saturated heterocycles. The molecular weight excluding hydrogens is 228 g/mol. The summed E-state index contributed by atoms with van der Waals surface area (Å²) < 4.78 is 6.18. The fourth-order valence-corrected chi connectivity index (χ4v) is 7.54. The lowest BCUT2D eigenvalue weighted by molar-refractivity contribution is -0.0816. The first-order valence-corrected chi connectivity index (χ1v) is 8.11. The fourth-order valence-electron chi connectivity index (χ4n) is 6.95. The van der Waals surface area contributed by atoms with E-state index >= 15 is 0 Å². The van der Waals surface area contributed by atoms with Crippen molar-refractivity contribution in [1.82, 2.24) is 0 Å². The van der Waals surface area contributed by atoms with Gasteiger partial charge in [-0.05, 0) is 74.0 Å². The van der Waals surface area contributed by atoms with Crippen LogP contribution in [0.1, 0.15) is 32.6 Å². The molecule has 0 spiro atoms. The molecule has 0 amide bonds. The molecule has 0 aromatic heterocycles. The molecule has 5 fully saturated rings. The van der Waals surface area contributed by atoms with Gasteiger partial charge < -0.3 is 4.74 Å². The van der Waals surface area contributed by atoms with Gasteiger partial charge in [0, 0.05) is 5.25 Å². The largest absolute Gasteiger partial charge is 0.375 e. The summed E-state index contributed by atoms with van der Waals surface area (Å²) in [7, 11) is 0. The van der Waals surface area contributed by atoms with E-state index in [0.29, 0.717) is 12.2 Å². The van der Waals surface area contributed by atoms with E-state index in [4.69, 9.17) is 17.4 Å². The topological polar surface area (TPSA) is 9.23 Å². The average molecular weight is 250 g/mol. The van der Waals surface area contributed by atoms with Gasteiger partial charge in [-0.3, -0.25) is 0 Å². The molecule has 17 heavy (non-hydrogen) atoms. The zero-order valence-electron chi connectivity index (χ0n) is 10.5. The van der Waals surface area contributed by atoms with Crippen LogP contribution in [0.2, 0.25) is 0 Å². The van der Waals surface area contributed by atoms with Gasteiger partial charge in [0.2, 0.25) is 0 Å². The minimum absolute atomic E-state index is 0.554. The van der Waals surface area contributed by atoms with Crippen molar-refractivity contribution in [3.8, 4) is 0 Å². The molecule has 5 aliphatic rings. The third-order valence-electron chi connectivity index (χ3n) is 7.18. The van der Waals surface area contributed by atoms with E-state index in [0.717, 1.165) is 46.7 Å². The Morgan fingerprint density at radius 2 is 1.76 bits per heavy atom. The highest BCUT2D eigenvalue weighted by Gasteiger charge is 2.69. The summed E-state index contributed by atoms with van der Waals surface area (Å²) in [5, 5.41) is 0.728. The number of fused-ring (bicyclic) bond motifs is 12. The van der Waals surface area contributed by atoms with E-state index < -0.39 is 0 Å². The molecule has 10 atom stereocenters. The smallest absolute Gasteiger partial charge is 0.0616 e. The van der Waals surface area contributed by atoms with Crippen LogP contribution in [0.15, 0.2) is 0 Å². The lowest BCUT2D eigenvalue weighted by atomic mass is 9.67. The van der Waals surface area contributed by atoms with E-state index in [-0.39, 0.29) is 0 Å². The third kappa shape index (κ3) is 1.02. The van der Waals surface area contributed by atoms with Gasteiger partial charge in [0.1, 0.15) is 0 Å². The lowest BCUT2D eigenvalue weighted by Crippen LogP contribution is -2.43. The number of hydrogen-bond donors (Lipinski definition) is 1. The van der Waals surface area contributed by atoms with Crippen LogP contribution in [0.5, 0.6) is 0 Å².